The minimum Gasteiger partial charge on any atom is -0.497 e. The molecule has 2 atom stereocenters. The number of methoxy groups -OCH3 is 1. The quantitative estimate of drug-likeness (QED) is 0.869. The van der Waals surface area contributed by atoms with E-state index in [0.29, 0.717) is 18.1 Å². The van der Waals surface area contributed by atoms with Crippen molar-refractivity contribution in [1.82, 2.24) is 10.2 Å². The van der Waals surface area contributed by atoms with E-state index in [1.807, 2.05) is 0 Å². The molecule has 0 radical (unpaired) electrons. The Morgan fingerprint density at radius 3 is 2.62 bits per heavy atom. The third-order valence-corrected chi connectivity index (χ3v) is 5.13. The van der Waals surface area contributed by atoms with Crippen LogP contribution >= 0.6 is 0 Å². The van der Waals surface area contributed by atoms with Crippen LogP contribution in [-0.2, 0) is 6.42 Å². The summed E-state index contributed by atoms with van der Waals surface area (Å²) in [5.41, 5.74) is 2.87. The molecular weight excluding hydrogens is 260 g/mol. The van der Waals surface area contributed by atoms with Crippen LogP contribution in [0.5, 0.6) is 5.75 Å². The molecule has 1 N–H and O–H groups in total. The first-order chi connectivity index (χ1) is 10.2. The molecule has 1 aromatic carbocycles. The molecule has 3 heteroatoms. The fourth-order valence-corrected chi connectivity index (χ4v) is 3.82. The zero-order chi connectivity index (χ0) is 15.4. The lowest BCUT2D eigenvalue weighted by Crippen LogP contribution is -2.48. The first kappa shape index (κ1) is 16.3. The van der Waals surface area contributed by atoms with E-state index in [4.69, 9.17) is 4.74 Å². The monoisotopic (exact) mass is 290 g/mol. The summed E-state index contributed by atoms with van der Waals surface area (Å²) in [5, 5.41) is 3.55. The molecule has 0 aliphatic heterocycles. The Morgan fingerprint density at radius 2 is 2.05 bits per heavy atom. The van der Waals surface area contributed by atoms with Crippen molar-refractivity contribution in [2.45, 2.75) is 57.7 Å². The highest BCUT2D eigenvalue weighted by atomic mass is 16.5. The molecule has 0 aromatic heterocycles. The summed E-state index contributed by atoms with van der Waals surface area (Å²) in [4.78, 5) is 2.59. The zero-order valence-electron chi connectivity index (χ0n) is 14.1. The number of hydrogen-bond donors (Lipinski definition) is 1. The van der Waals surface area contributed by atoms with E-state index >= 15 is 0 Å². The van der Waals surface area contributed by atoms with Gasteiger partial charge in [-0.2, -0.15) is 0 Å². The maximum absolute atomic E-state index is 5.42. The largest absolute Gasteiger partial charge is 0.497 e. The van der Waals surface area contributed by atoms with Gasteiger partial charge in [0, 0.05) is 18.1 Å². The Kier molecular flexibility index (Phi) is 5.65. The van der Waals surface area contributed by atoms with Crippen LogP contribution in [0.15, 0.2) is 18.2 Å². The van der Waals surface area contributed by atoms with Gasteiger partial charge in [-0.1, -0.05) is 19.9 Å². The standard InChI is InChI=1S/C18H30N2O/c1-6-14(7-2)20(4)17-11-9-13-8-10-15(21-5)12-16(13)18(17)19-3/h8,10,12,14,17-19H,6-7,9,11H2,1-5H3. The highest BCUT2D eigenvalue weighted by Gasteiger charge is 2.33. The van der Waals surface area contributed by atoms with Crippen LogP contribution in [0, 0.1) is 0 Å². The van der Waals surface area contributed by atoms with Crippen LogP contribution in [0.1, 0.15) is 50.3 Å². The molecule has 2 rings (SSSR count). The van der Waals surface area contributed by atoms with Crippen molar-refractivity contribution in [3.05, 3.63) is 29.3 Å². The smallest absolute Gasteiger partial charge is 0.119 e. The van der Waals surface area contributed by atoms with Crippen LogP contribution in [0.2, 0.25) is 0 Å². The van der Waals surface area contributed by atoms with Gasteiger partial charge in [-0.05, 0) is 63.0 Å². The topological polar surface area (TPSA) is 24.5 Å². The number of rotatable bonds is 6. The van der Waals surface area contributed by atoms with E-state index in [2.05, 4.69) is 56.4 Å². The van der Waals surface area contributed by atoms with Crippen molar-refractivity contribution < 1.29 is 4.74 Å². The normalized spacial score (nSPS) is 21.7. The predicted molar refractivity (Wildman–Crippen MR) is 89.0 cm³/mol. The van der Waals surface area contributed by atoms with Gasteiger partial charge in [-0.15, -0.1) is 0 Å². The second kappa shape index (κ2) is 7.28. The number of likely N-dealkylation sites (N-methyl/N-ethyl adjacent to an activating group) is 2. The first-order valence-corrected chi connectivity index (χ1v) is 8.22. The van der Waals surface area contributed by atoms with Crippen LogP contribution in [0.4, 0.5) is 0 Å². The molecule has 1 aliphatic rings. The Hall–Kier alpha value is -1.06. The van der Waals surface area contributed by atoms with Gasteiger partial charge in [0.25, 0.3) is 0 Å². The van der Waals surface area contributed by atoms with Gasteiger partial charge >= 0.3 is 0 Å². The Morgan fingerprint density at radius 1 is 1.33 bits per heavy atom. The molecule has 0 heterocycles. The summed E-state index contributed by atoms with van der Waals surface area (Å²) in [5.74, 6) is 0.958. The van der Waals surface area contributed by atoms with Crippen LogP contribution in [0.3, 0.4) is 0 Å². The number of nitrogens with one attached hydrogen (secondary N) is 1. The second-order valence-corrected chi connectivity index (χ2v) is 6.07. The number of fused-ring (bicyclic) bond motifs is 1. The Balaban J connectivity index is 2.30. The number of nitrogens with zero attached hydrogens (tertiary/aromatic N) is 1. The minimum atomic E-state index is 0.384. The lowest BCUT2D eigenvalue weighted by Gasteiger charge is -2.42. The van der Waals surface area contributed by atoms with Crippen LogP contribution in [-0.4, -0.2) is 38.2 Å². The van der Waals surface area contributed by atoms with E-state index in [-0.39, 0.29) is 0 Å². The molecule has 0 fully saturated rings. The zero-order valence-corrected chi connectivity index (χ0v) is 14.1. The molecule has 0 bridgehead atoms. The Labute approximate surface area is 129 Å². The van der Waals surface area contributed by atoms with E-state index in [1.54, 1.807) is 7.11 Å². The molecule has 3 nitrogen and oxygen atoms in total. The molecule has 0 spiro atoms. The lowest BCUT2D eigenvalue weighted by molar-refractivity contribution is 0.119. The molecule has 0 amide bonds. The molecule has 0 saturated carbocycles. The average Bonchev–Trinajstić information content (AvgIpc) is 2.54. The summed E-state index contributed by atoms with van der Waals surface area (Å²) in [6, 6.07) is 8.12. The van der Waals surface area contributed by atoms with Crippen molar-refractivity contribution in [3.8, 4) is 5.75 Å². The second-order valence-electron chi connectivity index (χ2n) is 6.07. The van der Waals surface area contributed by atoms with Crippen molar-refractivity contribution in [2.75, 3.05) is 21.2 Å². The van der Waals surface area contributed by atoms with E-state index in [0.717, 1.165) is 12.2 Å². The van der Waals surface area contributed by atoms with Crippen molar-refractivity contribution in [3.63, 3.8) is 0 Å². The number of benzene rings is 1. The van der Waals surface area contributed by atoms with Gasteiger partial charge in [0.05, 0.1) is 7.11 Å². The van der Waals surface area contributed by atoms with E-state index in [9.17, 15) is 0 Å². The fourth-order valence-electron chi connectivity index (χ4n) is 3.82. The highest BCUT2D eigenvalue weighted by Crippen LogP contribution is 2.35. The summed E-state index contributed by atoms with van der Waals surface area (Å²) >= 11 is 0. The van der Waals surface area contributed by atoms with Gasteiger partial charge in [-0.3, -0.25) is 4.90 Å². The maximum atomic E-state index is 5.42. The highest BCUT2D eigenvalue weighted by molar-refractivity contribution is 5.40. The third-order valence-electron chi connectivity index (χ3n) is 5.13. The van der Waals surface area contributed by atoms with Crippen LogP contribution < -0.4 is 10.1 Å². The third kappa shape index (κ3) is 3.24. The molecule has 1 aromatic rings. The molecule has 0 saturated heterocycles. The van der Waals surface area contributed by atoms with Crippen molar-refractivity contribution in [1.29, 1.82) is 0 Å². The van der Waals surface area contributed by atoms with Crippen LogP contribution in [0.25, 0.3) is 0 Å². The van der Waals surface area contributed by atoms with E-state index in [1.165, 1.54) is 30.4 Å². The Bertz CT molecular complexity index is 457. The van der Waals surface area contributed by atoms with Crippen molar-refractivity contribution in [2.24, 2.45) is 0 Å². The summed E-state index contributed by atoms with van der Waals surface area (Å²) < 4.78 is 5.42. The number of hydrogen-bond acceptors (Lipinski definition) is 3. The molecule has 2 unspecified atom stereocenters. The van der Waals surface area contributed by atoms with Gasteiger partial charge in [-0.25, -0.2) is 0 Å². The average molecular weight is 290 g/mol. The number of aryl methyl sites for hydroxylation is 1. The first-order valence-electron chi connectivity index (χ1n) is 8.22. The SMILES string of the molecule is CCC(CC)N(C)C1CCc2ccc(OC)cc2C1NC. The maximum Gasteiger partial charge on any atom is 0.119 e. The number of ether oxygens (including phenoxy) is 1. The van der Waals surface area contributed by atoms with Gasteiger partial charge in [0.15, 0.2) is 0 Å². The summed E-state index contributed by atoms with van der Waals surface area (Å²) in [6.07, 6.45) is 4.81. The molecule has 118 valence electrons. The molecular formula is C18H30N2O. The van der Waals surface area contributed by atoms with Gasteiger partial charge < -0.3 is 10.1 Å². The predicted octanol–water partition coefficient (Wildman–Crippen LogP) is 3.39. The lowest BCUT2D eigenvalue weighted by atomic mass is 9.82. The molecule has 1 aliphatic carbocycles. The van der Waals surface area contributed by atoms with Crippen molar-refractivity contribution >= 4 is 0 Å². The van der Waals surface area contributed by atoms with E-state index < -0.39 is 0 Å². The van der Waals surface area contributed by atoms with Gasteiger partial charge in [0.2, 0.25) is 0 Å². The minimum absolute atomic E-state index is 0.384. The summed E-state index contributed by atoms with van der Waals surface area (Å²) in [6.45, 7) is 4.58. The fraction of sp³-hybridized carbons (Fsp3) is 0.667. The molecule has 21 heavy (non-hydrogen) atoms. The van der Waals surface area contributed by atoms with Gasteiger partial charge in [0.1, 0.15) is 5.75 Å². The summed E-state index contributed by atoms with van der Waals surface area (Å²) in [7, 11) is 6.11.